The molecule has 1 aromatic rings. The standard InChI is InChI=1S/C14H20O5/c15-7-9-18-11-10-17-8-6-14(16)19-12-13-4-2-1-3-5-13/h1-5,15H,6-12H2. The largest absolute Gasteiger partial charge is 0.461 e. The van der Waals surface area contributed by atoms with Crippen molar-refractivity contribution in [2.75, 3.05) is 33.0 Å². The molecule has 0 aromatic heterocycles. The quantitative estimate of drug-likeness (QED) is 0.509. The van der Waals surface area contributed by atoms with Crippen LogP contribution in [0.25, 0.3) is 0 Å². The Morgan fingerprint density at radius 3 is 2.37 bits per heavy atom. The molecule has 1 aromatic carbocycles. The van der Waals surface area contributed by atoms with Crippen LogP contribution in [0.15, 0.2) is 30.3 Å². The highest BCUT2D eigenvalue weighted by Gasteiger charge is 2.03. The van der Waals surface area contributed by atoms with Gasteiger partial charge in [0.15, 0.2) is 0 Å². The van der Waals surface area contributed by atoms with Crippen LogP contribution in [0, 0.1) is 0 Å². The second kappa shape index (κ2) is 10.5. The fraction of sp³-hybridized carbons (Fsp3) is 0.500. The van der Waals surface area contributed by atoms with Crippen LogP contribution in [0.3, 0.4) is 0 Å². The van der Waals surface area contributed by atoms with Gasteiger partial charge in [-0.2, -0.15) is 0 Å². The van der Waals surface area contributed by atoms with Gasteiger partial charge in [0.1, 0.15) is 6.61 Å². The lowest BCUT2D eigenvalue weighted by atomic mass is 10.2. The Balaban J connectivity index is 1.96. The third-order valence-electron chi connectivity index (χ3n) is 2.30. The van der Waals surface area contributed by atoms with Crippen molar-refractivity contribution in [1.29, 1.82) is 0 Å². The van der Waals surface area contributed by atoms with Crippen LogP contribution < -0.4 is 0 Å². The summed E-state index contributed by atoms with van der Waals surface area (Å²) in [5.41, 5.74) is 0.967. The van der Waals surface area contributed by atoms with E-state index in [4.69, 9.17) is 19.3 Å². The van der Waals surface area contributed by atoms with E-state index in [0.717, 1.165) is 5.56 Å². The van der Waals surface area contributed by atoms with Gasteiger partial charge in [0.2, 0.25) is 0 Å². The maximum Gasteiger partial charge on any atom is 0.308 e. The van der Waals surface area contributed by atoms with Gasteiger partial charge in [0.05, 0.1) is 39.5 Å². The number of rotatable bonds is 10. The second-order valence-corrected chi connectivity index (χ2v) is 3.84. The molecular weight excluding hydrogens is 248 g/mol. The van der Waals surface area contributed by atoms with Gasteiger partial charge in [-0.25, -0.2) is 0 Å². The van der Waals surface area contributed by atoms with Crippen molar-refractivity contribution in [3.63, 3.8) is 0 Å². The van der Waals surface area contributed by atoms with Crippen LogP contribution in [0.2, 0.25) is 0 Å². The van der Waals surface area contributed by atoms with Gasteiger partial charge >= 0.3 is 5.97 Å². The first kappa shape index (κ1) is 15.6. The van der Waals surface area contributed by atoms with Gasteiger partial charge in [0.25, 0.3) is 0 Å². The number of hydrogen-bond acceptors (Lipinski definition) is 5. The second-order valence-electron chi connectivity index (χ2n) is 3.84. The summed E-state index contributed by atoms with van der Waals surface area (Å²) in [6, 6.07) is 9.53. The van der Waals surface area contributed by atoms with Crippen LogP contribution in [0.1, 0.15) is 12.0 Å². The number of aliphatic hydroxyl groups excluding tert-OH is 1. The SMILES string of the molecule is O=C(CCOCCOCCO)OCc1ccccc1. The van der Waals surface area contributed by atoms with Crippen molar-refractivity contribution in [3.05, 3.63) is 35.9 Å². The van der Waals surface area contributed by atoms with Gasteiger partial charge in [-0.05, 0) is 5.56 Å². The molecule has 0 spiro atoms. The van der Waals surface area contributed by atoms with E-state index in [1.54, 1.807) is 0 Å². The Hall–Kier alpha value is -1.43. The van der Waals surface area contributed by atoms with E-state index in [1.807, 2.05) is 30.3 Å². The monoisotopic (exact) mass is 268 g/mol. The summed E-state index contributed by atoms with van der Waals surface area (Å²) < 4.78 is 15.3. The van der Waals surface area contributed by atoms with Gasteiger partial charge in [-0.3, -0.25) is 4.79 Å². The first-order valence-corrected chi connectivity index (χ1v) is 6.29. The van der Waals surface area contributed by atoms with E-state index in [9.17, 15) is 4.79 Å². The van der Waals surface area contributed by atoms with Crippen molar-refractivity contribution >= 4 is 5.97 Å². The maximum absolute atomic E-state index is 11.4. The minimum absolute atomic E-state index is 0.00577. The van der Waals surface area contributed by atoms with Crippen molar-refractivity contribution in [1.82, 2.24) is 0 Å². The lowest BCUT2D eigenvalue weighted by Crippen LogP contribution is -2.11. The number of benzene rings is 1. The zero-order valence-corrected chi connectivity index (χ0v) is 10.9. The molecule has 0 amide bonds. The molecule has 0 aliphatic rings. The van der Waals surface area contributed by atoms with Crippen LogP contribution in [-0.2, 0) is 25.6 Å². The smallest absolute Gasteiger partial charge is 0.308 e. The molecule has 0 aliphatic carbocycles. The molecule has 0 radical (unpaired) electrons. The molecule has 0 saturated heterocycles. The fourth-order valence-corrected chi connectivity index (χ4v) is 1.35. The maximum atomic E-state index is 11.4. The Kier molecular flexibility index (Phi) is 8.63. The minimum atomic E-state index is -0.278. The molecule has 106 valence electrons. The summed E-state index contributed by atoms with van der Waals surface area (Å²) in [5, 5.41) is 8.47. The minimum Gasteiger partial charge on any atom is -0.461 e. The third-order valence-corrected chi connectivity index (χ3v) is 2.30. The molecule has 19 heavy (non-hydrogen) atoms. The molecule has 0 saturated carbocycles. The van der Waals surface area contributed by atoms with Crippen molar-refractivity contribution in [2.24, 2.45) is 0 Å². The molecule has 0 bridgehead atoms. The van der Waals surface area contributed by atoms with E-state index in [1.165, 1.54) is 0 Å². The fourth-order valence-electron chi connectivity index (χ4n) is 1.35. The molecule has 0 fully saturated rings. The lowest BCUT2D eigenvalue weighted by Gasteiger charge is -2.06. The van der Waals surface area contributed by atoms with Gasteiger partial charge in [-0.1, -0.05) is 30.3 Å². The third kappa shape index (κ3) is 8.31. The van der Waals surface area contributed by atoms with Gasteiger partial charge in [-0.15, -0.1) is 0 Å². The Morgan fingerprint density at radius 2 is 1.68 bits per heavy atom. The molecule has 0 unspecified atom stereocenters. The summed E-state index contributed by atoms with van der Waals surface area (Å²) in [6.07, 6.45) is 0.229. The molecule has 1 N–H and O–H groups in total. The number of aliphatic hydroxyl groups is 1. The van der Waals surface area contributed by atoms with E-state index in [-0.39, 0.29) is 19.0 Å². The molecule has 0 atom stereocenters. The first-order valence-electron chi connectivity index (χ1n) is 6.29. The van der Waals surface area contributed by atoms with E-state index >= 15 is 0 Å². The summed E-state index contributed by atoms with van der Waals surface area (Å²) in [4.78, 5) is 11.4. The summed E-state index contributed by atoms with van der Waals surface area (Å²) in [7, 11) is 0. The predicted molar refractivity (Wildman–Crippen MR) is 69.6 cm³/mol. The van der Waals surface area contributed by atoms with Gasteiger partial charge < -0.3 is 19.3 Å². The summed E-state index contributed by atoms with van der Waals surface area (Å²) >= 11 is 0. The Morgan fingerprint density at radius 1 is 1.00 bits per heavy atom. The van der Waals surface area contributed by atoms with Crippen LogP contribution in [0.4, 0.5) is 0 Å². The van der Waals surface area contributed by atoms with E-state index in [0.29, 0.717) is 33.0 Å². The molecule has 5 nitrogen and oxygen atoms in total. The lowest BCUT2D eigenvalue weighted by molar-refractivity contribution is -0.146. The van der Waals surface area contributed by atoms with Crippen LogP contribution in [0.5, 0.6) is 0 Å². The number of hydrogen-bond donors (Lipinski definition) is 1. The topological polar surface area (TPSA) is 65.0 Å². The van der Waals surface area contributed by atoms with Crippen molar-refractivity contribution in [2.45, 2.75) is 13.0 Å². The molecule has 0 aliphatic heterocycles. The number of ether oxygens (including phenoxy) is 3. The highest BCUT2D eigenvalue weighted by molar-refractivity contribution is 5.69. The highest BCUT2D eigenvalue weighted by atomic mass is 16.5. The summed E-state index contributed by atoms with van der Waals surface area (Å²) in [6.45, 7) is 1.75. The molecular formula is C14H20O5. The molecule has 0 heterocycles. The number of esters is 1. The normalized spacial score (nSPS) is 10.4. The average molecular weight is 268 g/mol. The zero-order chi connectivity index (χ0) is 13.8. The molecule has 5 heteroatoms. The van der Waals surface area contributed by atoms with Gasteiger partial charge in [0, 0.05) is 0 Å². The Labute approximate surface area is 113 Å². The van der Waals surface area contributed by atoms with Crippen LogP contribution >= 0.6 is 0 Å². The highest BCUT2D eigenvalue weighted by Crippen LogP contribution is 2.01. The summed E-state index contributed by atoms with van der Waals surface area (Å²) in [5.74, 6) is -0.278. The Bertz CT molecular complexity index is 339. The predicted octanol–water partition coefficient (Wildman–Crippen LogP) is 1.15. The van der Waals surface area contributed by atoms with Crippen molar-refractivity contribution < 1.29 is 24.1 Å². The average Bonchev–Trinajstić information content (AvgIpc) is 2.45. The first-order chi connectivity index (χ1) is 9.33. The van der Waals surface area contributed by atoms with Crippen LogP contribution in [-0.4, -0.2) is 44.1 Å². The van der Waals surface area contributed by atoms with Crippen molar-refractivity contribution in [3.8, 4) is 0 Å². The molecule has 1 rings (SSSR count). The number of carbonyl (C=O) groups is 1. The van der Waals surface area contributed by atoms with E-state index < -0.39 is 0 Å². The number of carbonyl (C=O) groups excluding carboxylic acids is 1. The van der Waals surface area contributed by atoms with E-state index in [2.05, 4.69) is 0 Å². The zero-order valence-electron chi connectivity index (χ0n) is 10.9.